The standard InChI is InChI=1S/C27H35N3O3/c1-3-22(31)18-29(19-24-16-11-17-32-24)20-25-26(4-2)28-30(21-12-7-5-8-13-21)27(25)33-23-14-9-6-10-15-23/h5-10,12-15,22,24,31H,3-4,11,16-20H2,1-2H3/t22-,24+/m0/s1. The molecule has 0 saturated carbocycles. The molecule has 0 spiro atoms. The second kappa shape index (κ2) is 11.5. The molecule has 33 heavy (non-hydrogen) atoms. The zero-order valence-corrected chi connectivity index (χ0v) is 19.7. The van der Waals surface area contributed by atoms with Crippen LogP contribution in [0.3, 0.4) is 0 Å². The number of rotatable bonds is 11. The Bertz CT molecular complexity index is 985. The second-order valence-electron chi connectivity index (χ2n) is 8.64. The van der Waals surface area contributed by atoms with Crippen LogP contribution in [-0.4, -0.2) is 51.7 Å². The minimum Gasteiger partial charge on any atom is -0.439 e. The van der Waals surface area contributed by atoms with E-state index in [2.05, 4.69) is 11.8 Å². The maximum Gasteiger partial charge on any atom is 0.227 e. The van der Waals surface area contributed by atoms with E-state index in [0.717, 1.165) is 67.4 Å². The quantitative estimate of drug-likeness (QED) is 0.447. The largest absolute Gasteiger partial charge is 0.439 e. The molecule has 1 aliphatic rings. The van der Waals surface area contributed by atoms with Crippen molar-refractivity contribution in [1.82, 2.24) is 14.7 Å². The zero-order valence-electron chi connectivity index (χ0n) is 19.7. The van der Waals surface area contributed by atoms with Crippen molar-refractivity contribution < 1.29 is 14.6 Å². The predicted octanol–water partition coefficient (Wildman–Crippen LogP) is 4.98. The van der Waals surface area contributed by atoms with Gasteiger partial charge in [-0.2, -0.15) is 5.10 Å². The lowest BCUT2D eigenvalue weighted by molar-refractivity contribution is 0.0451. The van der Waals surface area contributed by atoms with Gasteiger partial charge in [0.1, 0.15) is 5.75 Å². The second-order valence-corrected chi connectivity index (χ2v) is 8.64. The van der Waals surface area contributed by atoms with Crippen LogP contribution < -0.4 is 4.74 Å². The maximum absolute atomic E-state index is 10.5. The van der Waals surface area contributed by atoms with Crippen molar-refractivity contribution in [2.45, 2.75) is 58.3 Å². The van der Waals surface area contributed by atoms with Crippen molar-refractivity contribution in [3.05, 3.63) is 71.9 Å². The number of benzene rings is 2. The topological polar surface area (TPSA) is 59.8 Å². The van der Waals surface area contributed by atoms with E-state index in [-0.39, 0.29) is 12.2 Å². The molecule has 4 rings (SSSR count). The average molecular weight is 450 g/mol. The highest BCUT2D eigenvalue weighted by Gasteiger charge is 2.26. The van der Waals surface area contributed by atoms with Crippen molar-refractivity contribution in [2.75, 3.05) is 19.7 Å². The van der Waals surface area contributed by atoms with E-state index in [9.17, 15) is 5.11 Å². The van der Waals surface area contributed by atoms with Gasteiger partial charge in [0.15, 0.2) is 0 Å². The summed E-state index contributed by atoms with van der Waals surface area (Å²) in [5.74, 6) is 1.50. The first-order valence-corrected chi connectivity index (χ1v) is 12.1. The Balaban J connectivity index is 1.71. The molecule has 0 bridgehead atoms. The van der Waals surface area contributed by atoms with Crippen molar-refractivity contribution in [2.24, 2.45) is 0 Å². The lowest BCUT2D eigenvalue weighted by Gasteiger charge is -2.27. The number of aromatic nitrogens is 2. The van der Waals surface area contributed by atoms with Crippen LogP contribution in [0.5, 0.6) is 11.6 Å². The molecule has 2 heterocycles. The summed E-state index contributed by atoms with van der Waals surface area (Å²) in [6.45, 7) is 7.00. The monoisotopic (exact) mass is 449 g/mol. The van der Waals surface area contributed by atoms with E-state index >= 15 is 0 Å². The predicted molar refractivity (Wildman–Crippen MR) is 130 cm³/mol. The molecule has 176 valence electrons. The summed E-state index contributed by atoms with van der Waals surface area (Å²) in [6.07, 6.45) is 3.52. The number of aliphatic hydroxyl groups is 1. The lowest BCUT2D eigenvalue weighted by Crippen LogP contribution is -2.37. The van der Waals surface area contributed by atoms with E-state index in [1.807, 2.05) is 72.3 Å². The van der Waals surface area contributed by atoms with Crippen LogP contribution >= 0.6 is 0 Å². The highest BCUT2D eigenvalue weighted by atomic mass is 16.5. The van der Waals surface area contributed by atoms with Crippen molar-refractivity contribution in [1.29, 1.82) is 0 Å². The summed E-state index contributed by atoms with van der Waals surface area (Å²) in [7, 11) is 0. The Hall–Kier alpha value is -2.67. The number of ether oxygens (including phenoxy) is 2. The molecule has 0 amide bonds. The molecule has 0 unspecified atom stereocenters. The molecular weight excluding hydrogens is 414 g/mol. The third kappa shape index (κ3) is 6.02. The van der Waals surface area contributed by atoms with Crippen molar-refractivity contribution in [3.8, 4) is 17.3 Å². The average Bonchev–Trinajstić information content (AvgIpc) is 3.48. The first-order valence-electron chi connectivity index (χ1n) is 12.1. The van der Waals surface area contributed by atoms with Gasteiger partial charge in [0.25, 0.3) is 0 Å². The molecule has 6 heteroatoms. The van der Waals surface area contributed by atoms with Crippen LogP contribution in [0.1, 0.15) is 44.4 Å². The van der Waals surface area contributed by atoms with Gasteiger partial charge in [-0.15, -0.1) is 0 Å². The van der Waals surface area contributed by atoms with Crippen molar-refractivity contribution in [3.63, 3.8) is 0 Å². The van der Waals surface area contributed by atoms with E-state index in [4.69, 9.17) is 14.6 Å². The summed E-state index contributed by atoms with van der Waals surface area (Å²) >= 11 is 0. The van der Waals surface area contributed by atoms with Gasteiger partial charge in [0.05, 0.1) is 29.2 Å². The minimum absolute atomic E-state index is 0.210. The smallest absolute Gasteiger partial charge is 0.227 e. The van der Waals surface area contributed by atoms with Crippen LogP contribution in [0.4, 0.5) is 0 Å². The normalized spacial score (nSPS) is 16.9. The van der Waals surface area contributed by atoms with Gasteiger partial charge in [0.2, 0.25) is 5.88 Å². The van der Waals surface area contributed by atoms with Crippen LogP contribution in [0, 0.1) is 0 Å². The van der Waals surface area contributed by atoms with Gasteiger partial charge in [-0.1, -0.05) is 50.2 Å². The number of aryl methyl sites for hydroxylation is 1. The minimum atomic E-state index is -0.376. The summed E-state index contributed by atoms with van der Waals surface area (Å²) < 4.78 is 14.3. The molecule has 1 N–H and O–H groups in total. The Kier molecular flexibility index (Phi) is 8.15. The highest BCUT2D eigenvalue weighted by molar-refractivity contribution is 5.43. The fraction of sp³-hybridized carbons (Fsp3) is 0.444. The molecule has 1 fully saturated rings. The first kappa shape index (κ1) is 23.5. The maximum atomic E-state index is 10.5. The van der Waals surface area contributed by atoms with E-state index in [0.29, 0.717) is 13.1 Å². The van der Waals surface area contributed by atoms with Crippen LogP contribution in [0.15, 0.2) is 60.7 Å². The van der Waals surface area contributed by atoms with Gasteiger partial charge in [-0.05, 0) is 49.9 Å². The Morgan fingerprint density at radius 3 is 2.48 bits per heavy atom. The van der Waals surface area contributed by atoms with Gasteiger partial charge < -0.3 is 14.6 Å². The molecule has 2 aromatic carbocycles. The van der Waals surface area contributed by atoms with Crippen LogP contribution in [0.2, 0.25) is 0 Å². The zero-order chi connectivity index (χ0) is 23.0. The molecule has 1 aliphatic heterocycles. The summed E-state index contributed by atoms with van der Waals surface area (Å²) in [5, 5.41) is 15.4. The SMILES string of the molecule is CCc1nn(-c2ccccc2)c(Oc2ccccc2)c1CN(C[C@@H](O)CC)C[C@H]1CCCO1. The van der Waals surface area contributed by atoms with Gasteiger partial charge in [0, 0.05) is 26.2 Å². The summed E-state index contributed by atoms with van der Waals surface area (Å²) in [4.78, 5) is 2.30. The van der Waals surface area contributed by atoms with Crippen molar-refractivity contribution >= 4 is 0 Å². The Morgan fingerprint density at radius 2 is 1.85 bits per heavy atom. The van der Waals surface area contributed by atoms with Crippen LogP contribution in [0.25, 0.3) is 5.69 Å². The van der Waals surface area contributed by atoms with Gasteiger partial charge in [-0.25, -0.2) is 4.68 Å². The molecule has 3 aromatic rings. The van der Waals surface area contributed by atoms with Gasteiger partial charge >= 0.3 is 0 Å². The number of hydrogen-bond acceptors (Lipinski definition) is 5. The van der Waals surface area contributed by atoms with Crippen LogP contribution in [-0.2, 0) is 17.7 Å². The molecule has 1 aromatic heterocycles. The number of nitrogens with zero attached hydrogens (tertiary/aromatic N) is 3. The molecule has 0 radical (unpaired) electrons. The fourth-order valence-electron chi connectivity index (χ4n) is 4.30. The van der Waals surface area contributed by atoms with E-state index < -0.39 is 0 Å². The summed E-state index contributed by atoms with van der Waals surface area (Å²) in [6, 6.07) is 20.0. The Labute approximate surface area is 196 Å². The molecule has 1 saturated heterocycles. The van der Waals surface area contributed by atoms with Gasteiger partial charge in [-0.3, -0.25) is 4.90 Å². The number of hydrogen-bond donors (Lipinski definition) is 1. The molecule has 0 aliphatic carbocycles. The van der Waals surface area contributed by atoms with E-state index in [1.165, 1.54) is 0 Å². The third-order valence-corrected chi connectivity index (χ3v) is 6.12. The first-order chi connectivity index (χ1) is 16.2. The number of para-hydroxylation sites is 2. The molecular formula is C27H35N3O3. The lowest BCUT2D eigenvalue weighted by atomic mass is 10.1. The fourth-order valence-corrected chi connectivity index (χ4v) is 4.30. The Morgan fingerprint density at radius 1 is 1.12 bits per heavy atom. The molecule has 6 nitrogen and oxygen atoms in total. The molecule has 2 atom stereocenters. The number of aliphatic hydroxyl groups excluding tert-OH is 1. The van der Waals surface area contributed by atoms with E-state index in [1.54, 1.807) is 0 Å². The summed E-state index contributed by atoms with van der Waals surface area (Å²) in [5.41, 5.74) is 3.03. The highest BCUT2D eigenvalue weighted by Crippen LogP contribution is 2.32. The third-order valence-electron chi connectivity index (χ3n) is 6.12.